The predicted octanol–water partition coefficient (Wildman–Crippen LogP) is 4.08. The molecule has 2 aromatic carbocycles. The van der Waals surface area contributed by atoms with Crippen LogP contribution in [0.2, 0.25) is 0 Å². The Morgan fingerprint density at radius 1 is 1.00 bits per heavy atom. The maximum Gasteiger partial charge on any atom is 0.211 e. The minimum Gasteiger partial charge on any atom is -0.457 e. The molecule has 3 aromatic rings. The average Bonchev–Trinajstić information content (AvgIpc) is 3.00. The minimum atomic E-state index is 0.667. The Hall–Kier alpha value is -3.21. The predicted molar refractivity (Wildman–Crippen MR) is 92.0 cm³/mol. The Morgan fingerprint density at radius 3 is 2.35 bits per heavy atom. The largest absolute Gasteiger partial charge is 0.457 e. The fourth-order valence-corrected chi connectivity index (χ4v) is 2.37. The van der Waals surface area contributed by atoms with E-state index in [1.807, 2.05) is 60.8 Å². The SMILES string of the molecule is CNc1c[nH]c(-c2ccc(Oc3ccccc3)cc2)c1NC=O. The van der Waals surface area contributed by atoms with Crippen molar-refractivity contribution in [2.45, 2.75) is 0 Å². The molecule has 1 heterocycles. The molecular formula is C18H17N3O2. The zero-order chi connectivity index (χ0) is 16.1. The molecule has 0 fully saturated rings. The molecule has 0 aliphatic rings. The number of H-pyrrole nitrogens is 1. The Balaban J connectivity index is 1.85. The highest BCUT2D eigenvalue weighted by atomic mass is 16.5. The number of anilines is 2. The zero-order valence-electron chi connectivity index (χ0n) is 12.7. The molecule has 5 heteroatoms. The number of benzene rings is 2. The van der Waals surface area contributed by atoms with E-state index in [1.54, 1.807) is 7.05 Å². The van der Waals surface area contributed by atoms with E-state index in [-0.39, 0.29) is 0 Å². The first-order valence-corrected chi connectivity index (χ1v) is 7.24. The summed E-state index contributed by atoms with van der Waals surface area (Å²) in [6.45, 7) is 0. The highest BCUT2D eigenvalue weighted by Crippen LogP contribution is 2.34. The van der Waals surface area contributed by atoms with E-state index in [9.17, 15) is 4.79 Å². The molecule has 0 saturated heterocycles. The number of nitrogens with one attached hydrogen (secondary N) is 3. The van der Waals surface area contributed by atoms with Crippen molar-refractivity contribution >= 4 is 17.8 Å². The van der Waals surface area contributed by atoms with Crippen LogP contribution in [0.5, 0.6) is 11.5 Å². The lowest BCUT2D eigenvalue weighted by molar-refractivity contribution is -0.105. The summed E-state index contributed by atoms with van der Waals surface area (Å²) >= 11 is 0. The molecule has 0 spiro atoms. The molecule has 0 bridgehead atoms. The lowest BCUT2D eigenvalue weighted by atomic mass is 10.1. The van der Waals surface area contributed by atoms with E-state index < -0.39 is 0 Å². The molecule has 0 saturated carbocycles. The van der Waals surface area contributed by atoms with E-state index >= 15 is 0 Å². The number of carbonyl (C=O) groups is 1. The molecule has 3 rings (SSSR count). The van der Waals surface area contributed by atoms with Gasteiger partial charge in [0.2, 0.25) is 6.41 Å². The molecule has 116 valence electrons. The Morgan fingerprint density at radius 2 is 1.70 bits per heavy atom. The van der Waals surface area contributed by atoms with Crippen LogP contribution in [0.1, 0.15) is 0 Å². The van der Waals surface area contributed by atoms with Gasteiger partial charge in [-0.15, -0.1) is 0 Å². The molecule has 0 radical (unpaired) electrons. The molecule has 0 aliphatic carbocycles. The monoisotopic (exact) mass is 307 g/mol. The van der Waals surface area contributed by atoms with Gasteiger partial charge in [-0.1, -0.05) is 18.2 Å². The van der Waals surface area contributed by atoms with Crippen LogP contribution < -0.4 is 15.4 Å². The molecule has 0 atom stereocenters. The van der Waals surface area contributed by atoms with E-state index in [2.05, 4.69) is 15.6 Å². The van der Waals surface area contributed by atoms with Crippen molar-refractivity contribution in [2.75, 3.05) is 17.7 Å². The van der Waals surface area contributed by atoms with Crippen molar-refractivity contribution in [1.82, 2.24) is 4.98 Å². The van der Waals surface area contributed by atoms with Crippen LogP contribution in [0.3, 0.4) is 0 Å². The summed E-state index contributed by atoms with van der Waals surface area (Å²) in [7, 11) is 1.81. The number of hydrogen-bond acceptors (Lipinski definition) is 3. The summed E-state index contributed by atoms with van der Waals surface area (Å²) in [5.41, 5.74) is 3.35. The van der Waals surface area contributed by atoms with Crippen LogP contribution in [0, 0.1) is 0 Å². The molecular weight excluding hydrogens is 290 g/mol. The first-order valence-electron chi connectivity index (χ1n) is 7.24. The Labute approximate surface area is 134 Å². The van der Waals surface area contributed by atoms with Crippen molar-refractivity contribution in [2.24, 2.45) is 0 Å². The number of aromatic amines is 1. The maximum atomic E-state index is 10.8. The first kappa shape index (κ1) is 14.7. The molecule has 1 aromatic heterocycles. The van der Waals surface area contributed by atoms with Gasteiger partial charge in [0.15, 0.2) is 0 Å². The third-order valence-electron chi connectivity index (χ3n) is 3.47. The topological polar surface area (TPSA) is 66.2 Å². The number of amides is 1. The van der Waals surface area contributed by atoms with Gasteiger partial charge in [-0.2, -0.15) is 0 Å². The highest BCUT2D eigenvalue weighted by Gasteiger charge is 2.11. The molecule has 3 N–H and O–H groups in total. The van der Waals surface area contributed by atoms with Crippen molar-refractivity contribution in [3.63, 3.8) is 0 Å². The molecule has 1 amide bonds. The van der Waals surface area contributed by atoms with Gasteiger partial charge in [0.1, 0.15) is 11.5 Å². The number of para-hydroxylation sites is 1. The van der Waals surface area contributed by atoms with Crippen LogP contribution >= 0.6 is 0 Å². The second kappa shape index (κ2) is 6.70. The number of rotatable bonds is 6. The summed E-state index contributed by atoms with van der Waals surface area (Å²) in [5, 5.41) is 5.76. The van der Waals surface area contributed by atoms with Crippen LogP contribution in [-0.2, 0) is 4.79 Å². The molecule has 0 aliphatic heterocycles. The van der Waals surface area contributed by atoms with Crippen LogP contribution in [0.15, 0.2) is 60.8 Å². The normalized spacial score (nSPS) is 10.1. The maximum absolute atomic E-state index is 10.8. The van der Waals surface area contributed by atoms with E-state index in [1.165, 1.54) is 0 Å². The molecule has 23 heavy (non-hydrogen) atoms. The number of hydrogen-bond donors (Lipinski definition) is 3. The van der Waals surface area contributed by atoms with Gasteiger partial charge in [0, 0.05) is 18.8 Å². The smallest absolute Gasteiger partial charge is 0.211 e. The van der Waals surface area contributed by atoms with Crippen molar-refractivity contribution in [1.29, 1.82) is 0 Å². The molecule has 5 nitrogen and oxygen atoms in total. The zero-order valence-corrected chi connectivity index (χ0v) is 12.7. The lowest BCUT2D eigenvalue weighted by Gasteiger charge is -2.08. The lowest BCUT2D eigenvalue weighted by Crippen LogP contribution is -1.98. The van der Waals surface area contributed by atoms with Crippen LogP contribution in [-0.4, -0.2) is 18.4 Å². The van der Waals surface area contributed by atoms with Gasteiger partial charge in [0.05, 0.1) is 17.1 Å². The highest BCUT2D eigenvalue weighted by molar-refractivity contribution is 5.91. The fraction of sp³-hybridized carbons (Fsp3) is 0.0556. The van der Waals surface area contributed by atoms with Crippen LogP contribution in [0.4, 0.5) is 11.4 Å². The van der Waals surface area contributed by atoms with Gasteiger partial charge in [-0.25, -0.2) is 0 Å². The summed E-state index contributed by atoms with van der Waals surface area (Å²) in [4.78, 5) is 14.0. The van der Waals surface area contributed by atoms with Gasteiger partial charge < -0.3 is 20.4 Å². The number of carbonyl (C=O) groups excluding carboxylic acids is 1. The first-order chi connectivity index (χ1) is 11.3. The third kappa shape index (κ3) is 3.18. The van der Waals surface area contributed by atoms with Crippen LogP contribution in [0.25, 0.3) is 11.3 Å². The molecule has 0 unspecified atom stereocenters. The Bertz CT molecular complexity index is 780. The van der Waals surface area contributed by atoms with Crippen molar-refractivity contribution in [3.8, 4) is 22.8 Å². The van der Waals surface area contributed by atoms with Gasteiger partial charge >= 0.3 is 0 Å². The summed E-state index contributed by atoms with van der Waals surface area (Å²) in [6, 6.07) is 17.3. The Kier molecular flexibility index (Phi) is 4.29. The second-order valence-electron chi connectivity index (χ2n) is 4.90. The summed E-state index contributed by atoms with van der Waals surface area (Å²) in [6.07, 6.45) is 2.48. The van der Waals surface area contributed by atoms with Gasteiger partial charge in [-0.3, -0.25) is 4.79 Å². The number of aromatic nitrogens is 1. The third-order valence-corrected chi connectivity index (χ3v) is 3.47. The summed E-state index contributed by atoms with van der Waals surface area (Å²) < 4.78 is 5.78. The number of ether oxygens (including phenoxy) is 1. The van der Waals surface area contributed by atoms with Crippen molar-refractivity contribution in [3.05, 3.63) is 60.8 Å². The van der Waals surface area contributed by atoms with E-state index in [0.29, 0.717) is 6.41 Å². The quantitative estimate of drug-likeness (QED) is 0.601. The van der Waals surface area contributed by atoms with Gasteiger partial charge in [-0.05, 0) is 36.4 Å². The van der Waals surface area contributed by atoms with E-state index in [4.69, 9.17) is 4.74 Å². The average molecular weight is 307 g/mol. The van der Waals surface area contributed by atoms with E-state index in [0.717, 1.165) is 34.1 Å². The fourth-order valence-electron chi connectivity index (χ4n) is 2.37. The second-order valence-corrected chi connectivity index (χ2v) is 4.90. The van der Waals surface area contributed by atoms with Gasteiger partial charge in [0.25, 0.3) is 0 Å². The minimum absolute atomic E-state index is 0.667. The standard InChI is InChI=1S/C18H17N3O2/c1-19-16-11-20-17(18(16)21-12-22)13-7-9-15(10-8-13)23-14-5-3-2-4-6-14/h2-12,19-20H,1H3,(H,21,22). The van der Waals surface area contributed by atoms with Crippen molar-refractivity contribution < 1.29 is 9.53 Å². The summed E-state index contributed by atoms with van der Waals surface area (Å²) in [5.74, 6) is 1.55.